The van der Waals surface area contributed by atoms with Crippen LogP contribution in [0.5, 0.6) is 0 Å². The Labute approximate surface area is 156 Å². The molecule has 2 heterocycles. The molecule has 1 saturated heterocycles. The first kappa shape index (κ1) is 18.9. The molecule has 0 atom stereocenters. The molecule has 0 saturated carbocycles. The van der Waals surface area contributed by atoms with Gasteiger partial charge >= 0.3 is 0 Å². The van der Waals surface area contributed by atoms with E-state index in [9.17, 15) is 17.6 Å². The minimum absolute atomic E-state index is 0.0785. The number of benzene rings is 1. The van der Waals surface area contributed by atoms with Crippen molar-refractivity contribution in [3.05, 3.63) is 35.5 Å². The maximum absolute atomic E-state index is 13.0. The summed E-state index contributed by atoms with van der Waals surface area (Å²) in [6.45, 7) is 2.36. The van der Waals surface area contributed by atoms with Crippen molar-refractivity contribution in [1.29, 1.82) is 0 Å². The summed E-state index contributed by atoms with van der Waals surface area (Å²) in [5.74, 6) is -0.598. The molecule has 1 aliphatic heterocycles. The number of rotatable bonds is 5. The first-order valence-electron chi connectivity index (χ1n) is 8.39. The van der Waals surface area contributed by atoms with E-state index in [1.165, 1.54) is 27.8 Å². The van der Waals surface area contributed by atoms with Crippen LogP contribution in [-0.4, -0.2) is 42.5 Å². The first-order valence-corrected chi connectivity index (χ1v) is 10.9. The number of amides is 1. The first-order chi connectivity index (χ1) is 12.4. The summed E-state index contributed by atoms with van der Waals surface area (Å²) in [7, 11) is -3.20. The zero-order valence-corrected chi connectivity index (χ0v) is 15.9. The lowest BCUT2D eigenvalue weighted by atomic mass is 9.97. The fraction of sp³-hybridized carbons (Fsp3) is 0.412. The molecular weight excluding hydrogens is 377 g/mol. The number of carbonyl (C=O) groups excluding carboxylic acids is 1. The lowest BCUT2D eigenvalue weighted by Gasteiger charge is -2.30. The summed E-state index contributed by atoms with van der Waals surface area (Å²) in [4.78, 5) is 16.8. The van der Waals surface area contributed by atoms with Crippen molar-refractivity contribution >= 4 is 32.4 Å². The molecule has 1 aromatic heterocycles. The summed E-state index contributed by atoms with van der Waals surface area (Å²) in [5, 5.41) is 5.10. The lowest BCUT2D eigenvalue weighted by molar-refractivity contribution is -0.120. The molecule has 6 nitrogen and oxygen atoms in total. The highest BCUT2D eigenvalue weighted by Crippen LogP contribution is 2.27. The topological polar surface area (TPSA) is 79.4 Å². The van der Waals surface area contributed by atoms with Gasteiger partial charge in [0.15, 0.2) is 5.13 Å². The van der Waals surface area contributed by atoms with Crippen molar-refractivity contribution in [3.8, 4) is 11.3 Å². The Bertz CT molecular complexity index is 873. The third-order valence-corrected chi connectivity index (χ3v) is 7.10. The fourth-order valence-electron chi connectivity index (χ4n) is 2.87. The monoisotopic (exact) mass is 397 g/mol. The molecule has 1 aliphatic rings. The Morgan fingerprint density at radius 2 is 1.96 bits per heavy atom. The average molecular weight is 397 g/mol. The zero-order valence-electron chi connectivity index (χ0n) is 14.3. The molecular formula is C17H20FN3O3S2. The van der Waals surface area contributed by atoms with Gasteiger partial charge in [-0.15, -0.1) is 11.3 Å². The van der Waals surface area contributed by atoms with Gasteiger partial charge < -0.3 is 5.32 Å². The molecule has 1 N–H and O–H groups in total. The van der Waals surface area contributed by atoms with E-state index in [2.05, 4.69) is 10.3 Å². The molecule has 1 amide bonds. The van der Waals surface area contributed by atoms with Crippen molar-refractivity contribution < 1.29 is 17.6 Å². The second-order valence-corrected chi connectivity index (χ2v) is 9.22. The Morgan fingerprint density at radius 1 is 1.31 bits per heavy atom. The van der Waals surface area contributed by atoms with Crippen LogP contribution >= 0.6 is 11.3 Å². The van der Waals surface area contributed by atoms with Crippen molar-refractivity contribution in [2.24, 2.45) is 5.92 Å². The lowest BCUT2D eigenvalue weighted by Crippen LogP contribution is -2.42. The average Bonchev–Trinajstić information content (AvgIpc) is 3.11. The number of nitrogens with zero attached hydrogens (tertiary/aromatic N) is 2. The van der Waals surface area contributed by atoms with Crippen LogP contribution in [0.2, 0.25) is 0 Å². The summed E-state index contributed by atoms with van der Waals surface area (Å²) < 4.78 is 38.2. The van der Waals surface area contributed by atoms with E-state index in [-0.39, 0.29) is 23.4 Å². The Kier molecular flexibility index (Phi) is 5.69. The molecule has 0 bridgehead atoms. The number of sulfonamides is 1. The highest BCUT2D eigenvalue weighted by atomic mass is 32.2. The van der Waals surface area contributed by atoms with Crippen molar-refractivity contribution in [2.75, 3.05) is 24.2 Å². The predicted molar refractivity (Wildman–Crippen MR) is 99.9 cm³/mol. The van der Waals surface area contributed by atoms with Crippen LogP contribution < -0.4 is 5.32 Å². The van der Waals surface area contributed by atoms with Crippen molar-refractivity contribution in [2.45, 2.75) is 19.8 Å². The molecule has 140 valence electrons. The largest absolute Gasteiger partial charge is 0.302 e. The van der Waals surface area contributed by atoms with Gasteiger partial charge in [-0.05, 0) is 44.0 Å². The Balaban J connectivity index is 1.58. The van der Waals surface area contributed by atoms with Gasteiger partial charge in [0, 0.05) is 30.0 Å². The van der Waals surface area contributed by atoms with Gasteiger partial charge in [0.05, 0.1) is 11.4 Å². The molecule has 2 aromatic rings. The number of halogens is 1. The minimum Gasteiger partial charge on any atom is -0.302 e. The SMILES string of the molecule is CCS(=O)(=O)N1CCC(C(=O)Nc2nc(-c3ccc(F)cc3)cs2)CC1. The number of aromatic nitrogens is 1. The van der Waals surface area contributed by atoms with Gasteiger partial charge in [-0.3, -0.25) is 4.79 Å². The molecule has 0 unspecified atom stereocenters. The van der Waals surface area contributed by atoms with Gasteiger partial charge in [-0.1, -0.05) is 0 Å². The normalized spacial score (nSPS) is 16.5. The number of nitrogens with one attached hydrogen (secondary N) is 1. The van der Waals surface area contributed by atoms with Gasteiger partial charge in [0.1, 0.15) is 5.82 Å². The van der Waals surface area contributed by atoms with Crippen LogP contribution in [-0.2, 0) is 14.8 Å². The van der Waals surface area contributed by atoms with Crippen LogP contribution in [0, 0.1) is 11.7 Å². The molecule has 9 heteroatoms. The maximum Gasteiger partial charge on any atom is 0.229 e. The summed E-state index contributed by atoms with van der Waals surface area (Å²) in [5.41, 5.74) is 1.45. The molecule has 0 radical (unpaired) electrons. The van der Waals surface area contributed by atoms with E-state index in [0.717, 1.165) is 5.56 Å². The van der Waals surface area contributed by atoms with Crippen molar-refractivity contribution in [3.63, 3.8) is 0 Å². The van der Waals surface area contributed by atoms with E-state index >= 15 is 0 Å². The second-order valence-electron chi connectivity index (χ2n) is 6.11. The molecule has 1 aromatic carbocycles. The number of thiazole rings is 1. The molecule has 3 rings (SSSR count). The highest BCUT2D eigenvalue weighted by Gasteiger charge is 2.30. The third-order valence-electron chi connectivity index (χ3n) is 4.46. The number of hydrogen-bond donors (Lipinski definition) is 1. The van der Waals surface area contributed by atoms with Gasteiger partial charge in [-0.25, -0.2) is 22.1 Å². The van der Waals surface area contributed by atoms with Gasteiger partial charge in [-0.2, -0.15) is 0 Å². The fourth-order valence-corrected chi connectivity index (χ4v) is 4.73. The minimum atomic E-state index is -3.20. The number of piperidine rings is 1. The predicted octanol–water partition coefficient (Wildman–Crippen LogP) is 2.95. The third kappa shape index (κ3) is 4.28. The quantitative estimate of drug-likeness (QED) is 0.841. The smallest absolute Gasteiger partial charge is 0.229 e. The summed E-state index contributed by atoms with van der Waals surface area (Å²) in [6, 6.07) is 6.01. The second kappa shape index (κ2) is 7.81. The highest BCUT2D eigenvalue weighted by molar-refractivity contribution is 7.89. The van der Waals surface area contributed by atoms with Crippen LogP contribution in [0.25, 0.3) is 11.3 Å². The summed E-state index contributed by atoms with van der Waals surface area (Å²) >= 11 is 1.31. The van der Waals surface area contributed by atoms with Crippen LogP contribution in [0.15, 0.2) is 29.6 Å². The number of carbonyl (C=O) groups is 1. The van der Waals surface area contributed by atoms with E-state index < -0.39 is 10.0 Å². The van der Waals surface area contributed by atoms with Crippen LogP contribution in [0.3, 0.4) is 0 Å². The number of hydrogen-bond acceptors (Lipinski definition) is 5. The molecule has 0 aliphatic carbocycles. The molecule has 1 fully saturated rings. The van der Waals surface area contributed by atoms with Crippen LogP contribution in [0.1, 0.15) is 19.8 Å². The Morgan fingerprint density at radius 3 is 2.58 bits per heavy atom. The van der Waals surface area contributed by atoms with Gasteiger partial charge in [0.25, 0.3) is 0 Å². The van der Waals surface area contributed by atoms with Gasteiger partial charge in [0.2, 0.25) is 15.9 Å². The van der Waals surface area contributed by atoms with Crippen LogP contribution in [0.4, 0.5) is 9.52 Å². The zero-order chi connectivity index (χ0) is 18.7. The van der Waals surface area contributed by atoms with Crippen molar-refractivity contribution in [1.82, 2.24) is 9.29 Å². The van der Waals surface area contributed by atoms with E-state index in [4.69, 9.17) is 0 Å². The number of anilines is 1. The van der Waals surface area contributed by atoms with E-state index in [1.54, 1.807) is 24.4 Å². The maximum atomic E-state index is 13.0. The Hall–Kier alpha value is -1.84. The summed E-state index contributed by atoms with van der Waals surface area (Å²) in [6.07, 6.45) is 1.00. The van der Waals surface area contributed by atoms with E-state index in [0.29, 0.717) is 36.8 Å². The van der Waals surface area contributed by atoms with E-state index in [1.807, 2.05) is 0 Å². The standard InChI is InChI=1S/C17H20FN3O3S2/c1-2-26(23,24)21-9-7-13(8-10-21)16(22)20-17-19-15(11-25-17)12-3-5-14(18)6-4-12/h3-6,11,13H,2,7-10H2,1H3,(H,19,20,22). The molecule has 0 spiro atoms. The molecule has 26 heavy (non-hydrogen) atoms.